The Morgan fingerprint density at radius 2 is 1.89 bits per heavy atom. The van der Waals surface area contributed by atoms with Crippen LogP contribution in [0.3, 0.4) is 0 Å². The van der Waals surface area contributed by atoms with Crippen LogP contribution in [0, 0.1) is 5.82 Å². The van der Waals surface area contributed by atoms with Gasteiger partial charge in [-0.15, -0.1) is 0 Å². The summed E-state index contributed by atoms with van der Waals surface area (Å²) in [7, 11) is 0. The SMILES string of the molecule is Fc1cccc(CNC(=S)Nc2ccc(Cl)cc2)c1. The van der Waals surface area contributed by atoms with Gasteiger partial charge >= 0.3 is 0 Å². The lowest BCUT2D eigenvalue weighted by Crippen LogP contribution is -2.27. The largest absolute Gasteiger partial charge is 0.358 e. The fourth-order valence-electron chi connectivity index (χ4n) is 1.54. The third-order valence-electron chi connectivity index (χ3n) is 2.44. The average molecular weight is 295 g/mol. The normalized spacial score (nSPS) is 10.0. The van der Waals surface area contributed by atoms with E-state index in [4.69, 9.17) is 23.8 Å². The molecule has 0 bridgehead atoms. The van der Waals surface area contributed by atoms with Gasteiger partial charge in [0, 0.05) is 17.3 Å². The highest BCUT2D eigenvalue weighted by atomic mass is 35.5. The molecule has 0 saturated carbocycles. The highest BCUT2D eigenvalue weighted by Gasteiger charge is 1.99. The van der Waals surface area contributed by atoms with Crippen LogP contribution < -0.4 is 10.6 Å². The van der Waals surface area contributed by atoms with Crippen LogP contribution in [0.5, 0.6) is 0 Å². The fourth-order valence-corrected chi connectivity index (χ4v) is 1.85. The van der Waals surface area contributed by atoms with E-state index in [0.29, 0.717) is 16.7 Å². The Balaban J connectivity index is 1.86. The highest BCUT2D eigenvalue weighted by Crippen LogP contribution is 2.13. The van der Waals surface area contributed by atoms with Crippen molar-refractivity contribution >= 4 is 34.6 Å². The molecule has 0 fully saturated rings. The molecule has 2 nitrogen and oxygen atoms in total. The van der Waals surface area contributed by atoms with Crippen molar-refractivity contribution in [1.29, 1.82) is 0 Å². The lowest BCUT2D eigenvalue weighted by Gasteiger charge is -2.10. The van der Waals surface area contributed by atoms with Crippen molar-refractivity contribution in [2.45, 2.75) is 6.54 Å². The zero-order valence-corrected chi connectivity index (χ0v) is 11.6. The number of benzene rings is 2. The molecular formula is C14H12ClFN2S. The van der Waals surface area contributed by atoms with Crippen molar-refractivity contribution in [3.63, 3.8) is 0 Å². The van der Waals surface area contributed by atoms with Crippen molar-refractivity contribution in [3.8, 4) is 0 Å². The molecule has 0 aromatic heterocycles. The molecule has 19 heavy (non-hydrogen) atoms. The molecule has 5 heteroatoms. The van der Waals surface area contributed by atoms with Gasteiger partial charge in [-0.25, -0.2) is 4.39 Å². The first-order chi connectivity index (χ1) is 9.13. The molecule has 0 aliphatic rings. The van der Waals surface area contributed by atoms with Gasteiger partial charge in [0.05, 0.1) is 0 Å². The summed E-state index contributed by atoms with van der Waals surface area (Å²) >= 11 is 10.9. The van der Waals surface area contributed by atoms with Gasteiger partial charge in [0.2, 0.25) is 0 Å². The summed E-state index contributed by atoms with van der Waals surface area (Å²) in [6.45, 7) is 0.469. The minimum absolute atomic E-state index is 0.254. The molecule has 0 aliphatic heterocycles. The Labute approximate surface area is 121 Å². The predicted molar refractivity (Wildman–Crippen MR) is 80.9 cm³/mol. The second-order valence-electron chi connectivity index (χ2n) is 3.94. The van der Waals surface area contributed by atoms with Crippen molar-refractivity contribution < 1.29 is 4.39 Å². The van der Waals surface area contributed by atoms with E-state index >= 15 is 0 Å². The summed E-state index contributed by atoms with van der Waals surface area (Å²) in [4.78, 5) is 0. The molecule has 0 aliphatic carbocycles. The number of hydrogen-bond donors (Lipinski definition) is 2. The van der Waals surface area contributed by atoms with Crippen LogP contribution in [-0.2, 0) is 6.54 Å². The van der Waals surface area contributed by atoms with Gasteiger partial charge in [-0.2, -0.15) is 0 Å². The van der Waals surface area contributed by atoms with Gasteiger partial charge in [0.1, 0.15) is 5.82 Å². The quantitative estimate of drug-likeness (QED) is 0.838. The van der Waals surface area contributed by atoms with E-state index in [1.54, 1.807) is 18.2 Å². The highest BCUT2D eigenvalue weighted by molar-refractivity contribution is 7.80. The van der Waals surface area contributed by atoms with Gasteiger partial charge in [-0.3, -0.25) is 0 Å². The first-order valence-corrected chi connectivity index (χ1v) is 6.47. The van der Waals surface area contributed by atoms with E-state index < -0.39 is 0 Å². The number of hydrogen-bond acceptors (Lipinski definition) is 1. The maximum absolute atomic E-state index is 13.0. The topological polar surface area (TPSA) is 24.1 Å². The van der Waals surface area contributed by atoms with Gasteiger partial charge in [-0.1, -0.05) is 23.7 Å². The summed E-state index contributed by atoms with van der Waals surface area (Å²) in [6, 6.07) is 13.6. The first kappa shape index (κ1) is 13.8. The van der Waals surface area contributed by atoms with E-state index in [9.17, 15) is 4.39 Å². The molecule has 2 aromatic rings. The smallest absolute Gasteiger partial charge is 0.171 e. The zero-order chi connectivity index (χ0) is 13.7. The molecule has 0 saturated heterocycles. The standard InChI is InChI=1S/C14H12ClFN2S/c15-11-4-6-13(7-5-11)18-14(19)17-9-10-2-1-3-12(16)8-10/h1-8H,9H2,(H2,17,18,19). The van der Waals surface area contributed by atoms with Gasteiger partial charge in [-0.05, 0) is 54.2 Å². The zero-order valence-electron chi connectivity index (χ0n) is 9.99. The van der Waals surface area contributed by atoms with Gasteiger partial charge < -0.3 is 10.6 Å². The van der Waals surface area contributed by atoms with Gasteiger partial charge in [0.15, 0.2) is 5.11 Å². The van der Waals surface area contributed by atoms with E-state index in [0.717, 1.165) is 11.3 Å². The Kier molecular flexibility index (Phi) is 4.71. The number of halogens is 2. The minimum Gasteiger partial charge on any atom is -0.358 e. The van der Waals surface area contributed by atoms with Crippen LogP contribution in [0.1, 0.15) is 5.56 Å². The monoisotopic (exact) mass is 294 g/mol. The molecule has 0 atom stereocenters. The van der Waals surface area contributed by atoms with E-state index in [-0.39, 0.29) is 5.82 Å². The fraction of sp³-hybridized carbons (Fsp3) is 0.0714. The number of thiocarbonyl (C=S) groups is 1. The summed E-state index contributed by atoms with van der Waals surface area (Å²) in [5.74, 6) is -0.254. The molecule has 2 aromatic carbocycles. The van der Waals surface area contributed by atoms with Crippen LogP contribution in [-0.4, -0.2) is 5.11 Å². The molecule has 0 heterocycles. The minimum atomic E-state index is -0.254. The molecular weight excluding hydrogens is 283 g/mol. The predicted octanol–water partition coefficient (Wildman–Crippen LogP) is 3.97. The van der Waals surface area contributed by atoms with Crippen molar-refractivity contribution in [3.05, 3.63) is 64.9 Å². The van der Waals surface area contributed by atoms with Crippen LogP contribution in [0.15, 0.2) is 48.5 Å². The lowest BCUT2D eigenvalue weighted by atomic mass is 10.2. The molecule has 0 spiro atoms. The Hall–Kier alpha value is -1.65. The van der Waals surface area contributed by atoms with E-state index in [1.165, 1.54) is 12.1 Å². The molecule has 0 radical (unpaired) electrons. The van der Waals surface area contributed by atoms with Crippen molar-refractivity contribution in [2.75, 3.05) is 5.32 Å². The second kappa shape index (κ2) is 6.50. The Morgan fingerprint density at radius 3 is 2.58 bits per heavy atom. The summed E-state index contributed by atoms with van der Waals surface area (Å²) in [6.07, 6.45) is 0. The number of anilines is 1. The summed E-state index contributed by atoms with van der Waals surface area (Å²) in [5, 5.41) is 7.18. The number of nitrogens with one attached hydrogen (secondary N) is 2. The van der Waals surface area contributed by atoms with Crippen LogP contribution >= 0.6 is 23.8 Å². The van der Waals surface area contributed by atoms with Crippen LogP contribution in [0.2, 0.25) is 5.02 Å². The first-order valence-electron chi connectivity index (χ1n) is 5.68. The maximum Gasteiger partial charge on any atom is 0.171 e. The van der Waals surface area contributed by atoms with E-state index in [2.05, 4.69) is 10.6 Å². The second-order valence-corrected chi connectivity index (χ2v) is 4.79. The summed E-state index contributed by atoms with van der Waals surface area (Å²) in [5.41, 5.74) is 1.68. The Bertz CT molecular complexity index is 572. The van der Waals surface area contributed by atoms with Crippen molar-refractivity contribution in [2.24, 2.45) is 0 Å². The lowest BCUT2D eigenvalue weighted by molar-refractivity contribution is 0.625. The van der Waals surface area contributed by atoms with Crippen molar-refractivity contribution in [1.82, 2.24) is 5.32 Å². The van der Waals surface area contributed by atoms with E-state index in [1.807, 2.05) is 18.2 Å². The average Bonchev–Trinajstić information content (AvgIpc) is 2.39. The molecule has 2 N–H and O–H groups in total. The van der Waals surface area contributed by atoms with Gasteiger partial charge in [0.25, 0.3) is 0 Å². The molecule has 2 rings (SSSR count). The maximum atomic E-state index is 13.0. The molecule has 0 unspecified atom stereocenters. The number of rotatable bonds is 3. The van der Waals surface area contributed by atoms with Crippen LogP contribution in [0.25, 0.3) is 0 Å². The third kappa shape index (κ3) is 4.50. The van der Waals surface area contributed by atoms with Crippen LogP contribution in [0.4, 0.5) is 10.1 Å². The molecule has 0 amide bonds. The Morgan fingerprint density at radius 1 is 1.16 bits per heavy atom. The molecule has 98 valence electrons. The summed E-state index contributed by atoms with van der Waals surface area (Å²) < 4.78 is 13.0. The third-order valence-corrected chi connectivity index (χ3v) is 2.94.